The summed E-state index contributed by atoms with van der Waals surface area (Å²) in [4.78, 5) is 17.1. The molecular formula is C20H17F3N4O2. The van der Waals surface area contributed by atoms with Crippen LogP contribution in [0.15, 0.2) is 29.2 Å². The number of hydrogen-bond acceptors (Lipinski definition) is 4. The third-order valence-corrected chi connectivity index (χ3v) is 5.41. The van der Waals surface area contributed by atoms with Crippen molar-refractivity contribution in [3.8, 4) is 22.9 Å². The van der Waals surface area contributed by atoms with E-state index in [0.717, 1.165) is 23.8 Å². The van der Waals surface area contributed by atoms with Crippen LogP contribution in [0.2, 0.25) is 0 Å². The van der Waals surface area contributed by atoms with Crippen molar-refractivity contribution in [3.63, 3.8) is 0 Å². The summed E-state index contributed by atoms with van der Waals surface area (Å²) in [5, 5.41) is 21.3. The molecule has 9 heteroatoms. The minimum Gasteiger partial charge on any atom is -0.507 e. The van der Waals surface area contributed by atoms with Gasteiger partial charge in [0.15, 0.2) is 5.65 Å². The molecular weight excluding hydrogens is 385 g/mol. The number of alkyl halides is 3. The van der Waals surface area contributed by atoms with Crippen LogP contribution in [0, 0.1) is 11.3 Å². The standard InChI is InChI=1S/C20H17F3N4O2/c21-20(22,23)17-16(12-4-2-1-3-5-12)18-25-10-14(19(29)27(18)26-17)13-7-6-11(9-24)8-15(13)28/h6-8,10,12,26,28H,1-5H2. The summed E-state index contributed by atoms with van der Waals surface area (Å²) in [6, 6.07) is 5.83. The Morgan fingerprint density at radius 2 is 1.93 bits per heavy atom. The molecule has 1 fully saturated rings. The molecule has 29 heavy (non-hydrogen) atoms. The molecule has 1 aliphatic carbocycles. The van der Waals surface area contributed by atoms with Crippen molar-refractivity contribution in [2.24, 2.45) is 0 Å². The van der Waals surface area contributed by atoms with Crippen molar-refractivity contribution in [1.29, 1.82) is 5.26 Å². The fourth-order valence-electron chi connectivity index (χ4n) is 4.04. The zero-order valence-electron chi connectivity index (χ0n) is 15.3. The zero-order chi connectivity index (χ0) is 20.8. The Morgan fingerprint density at radius 1 is 1.21 bits per heavy atom. The lowest BCUT2D eigenvalue weighted by atomic mass is 9.84. The van der Waals surface area contributed by atoms with E-state index in [1.54, 1.807) is 0 Å². The van der Waals surface area contributed by atoms with Crippen LogP contribution in [0.25, 0.3) is 16.8 Å². The van der Waals surface area contributed by atoms with Crippen molar-refractivity contribution in [2.75, 3.05) is 0 Å². The lowest BCUT2D eigenvalue weighted by Gasteiger charge is -2.22. The Bertz CT molecular complexity index is 1180. The minimum atomic E-state index is -4.65. The van der Waals surface area contributed by atoms with Gasteiger partial charge < -0.3 is 5.11 Å². The van der Waals surface area contributed by atoms with Crippen molar-refractivity contribution in [3.05, 3.63) is 51.6 Å². The topological polar surface area (TPSA) is 94.2 Å². The van der Waals surface area contributed by atoms with E-state index >= 15 is 0 Å². The first-order valence-electron chi connectivity index (χ1n) is 9.25. The first kappa shape index (κ1) is 19.1. The van der Waals surface area contributed by atoms with Crippen LogP contribution in [-0.4, -0.2) is 19.7 Å². The number of nitrogens with zero attached hydrogens (tertiary/aromatic N) is 3. The van der Waals surface area contributed by atoms with E-state index in [2.05, 4.69) is 10.1 Å². The number of fused-ring (bicyclic) bond motifs is 1. The molecule has 0 aliphatic heterocycles. The molecule has 0 unspecified atom stereocenters. The van der Waals surface area contributed by atoms with Crippen molar-refractivity contribution in [2.45, 2.75) is 44.2 Å². The maximum Gasteiger partial charge on any atom is 0.433 e. The fourth-order valence-corrected chi connectivity index (χ4v) is 4.04. The van der Waals surface area contributed by atoms with Gasteiger partial charge in [0.25, 0.3) is 5.56 Å². The van der Waals surface area contributed by atoms with Gasteiger partial charge in [0.05, 0.1) is 17.2 Å². The molecule has 1 aliphatic rings. The van der Waals surface area contributed by atoms with Gasteiger partial charge >= 0.3 is 6.18 Å². The number of aromatic hydroxyl groups is 1. The molecule has 2 aromatic heterocycles. The number of benzene rings is 1. The summed E-state index contributed by atoms with van der Waals surface area (Å²) in [5.41, 5.74) is -1.47. The van der Waals surface area contributed by atoms with Crippen LogP contribution in [0.3, 0.4) is 0 Å². The van der Waals surface area contributed by atoms with E-state index in [4.69, 9.17) is 5.26 Å². The highest BCUT2D eigenvalue weighted by Gasteiger charge is 2.40. The molecule has 3 aromatic rings. The number of rotatable bonds is 2. The summed E-state index contributed by atoms with van der Waals surface area (Å²) in [6.07, 6.45) is 0.412. The van der Waals surface area contributed by atoms with Crippen molar-refractivity contribution in [1.82, 2.24) is 14.6 Å². The SMILES string of the molecule is N#Cc1ccc(-c2cnc3c(C4CCCCC4)c(C(F)(F)F)[nH]n3c2=O)c(O)c1. The maximum atomic E-state index is 13.7. The molecule has 2 heterocycles. The molecule has 0 radical (unpaired) electrons. The zero-order valence-corrected chi connectivity index (χ0v) is 15.3. The molecule has 2 N–H and O–H groups in total. The van der Waals surface area contributed by atoms with E-state index in [-0.39, 0.29) is 39.6 Å². The third kappa shape index (κ3) is 3.24. The molecule has 1 aromatic carbocycles. The highest BCUT2D eigenvalue weighted by atomic mass is 19.4. The number of phenols is 1. The van der Waals surface area contributed by atoms with Gasteiger partial charge in [-0.2, -0.15) is 18.4 Å². The van der Waals surface area contributed by atoms with E-state index in [1.807, 2.05) is 6.07 Å². The van der Waals surface area contributed by atoms with Gasteiger partial charge in [0.2, 0.25) is 0 Å². The van der Waals surface area contributed by atoms with E-state index < -0.39 is 17.4 Å². The van der Waals surface area contributed by atoms with Crippen molar-refractivity contribution < 1.29 is 18.3 Å². The maximum absolute atomic E-state index is 13.7. The third-order valence-electron chi connectivity index (χ3n) is 5.41. The minimum absolute atomic E-state index is 0.0323. The van der Waals surface area contributed by atoms with Crippen LogP contribution >= 0.6 is 0 Å². The average Bonchev–Trinajstić information content (AvgIpc) is 3.10. The number of aromatic nitrogens is 3. The van der Waals surface area contributed by atoms with Crippen LogP contribution in [-0.2, 0) is 6.18 Å². The lowest BCUT2D eigenvalue weighted by Crippen LogP contribution is -2.18. The summed E-state index contributed by atoms with van der Waals surface area (Å²) in [6.45, 7) is 0. The number of halogens is 3. The predicted octanol–water partition coefficient (Wildman–Crippen LogP) is 4.33. The molecule has 150 valence electrons. The molecule has 0 amide bonds. The van der Waals surface area contributed by atoms with Gasteiger partial charge in [-0.05, 0) is 37.0 Å². The van der Waals surface area contributed by atoms with Gasteiger partial charge in [-0.15, -0.1) is 0 Å². The number of hydrogen-bond donors (Lipinski definition) is 2. The van der Waals surface area contributed by atoms with Crippen LogP contribution in [0.1, 0.15) is 54.8 Å². The molecule has 0 bridgehead atoms. The normalized spacial score (nSPS) is 15.5. The van der Waals surface area contributed by atoms with Gasteiger partial charge in [-0.3, -0.25) is 9.89 Å². The molecule has 0 atom stereocenters. The van der Waals surface area contributed by atoms with Crippen LogP contribution in [0.4, 0.5) is 13.2 Å². The largest absolute Gasteiger partial charge is 0.507 e. The molecule has 6 nitrogen and oxygen atoms in total. The van der Waals surface area contributed by atoms with E-state index in [1.165, 1.54) is 24.4 Å². The smallest absolute Gasteiger partial charge is 0.433 e. The number of H-pyrrole nitrogens is 1. The molecule has 0 spiro atoms. The van der Waals surface area contributed by atoms with Gasteiger partial charge in [-0.25, -0.2) is 9.50 Å². The van der Waals surface area contributed by atoms with E-state index in [9.17, 15) is 23.1 Å². The highest BCUT2D eigenvalue weighted by Crippen LogP contribution is 2.41. The predicted molar refractivity (Wildman–Crippen MR) is 98.5 cm³/mol. The average molecular weight is 402 g/mol. The number of aromatic amines is 1. The summed E-state index contributed by atoms with van der Waals surface area (Å²) >= 11 is 0. The Kier molecular flexibility index (Phi) is 4.57. The number of phenolic OH excluding ortho intramolecular Hbond substituents is 1. The summed E-state index contributed by atoms with van der Waals surface area (Å²) < 4.78 is 41.9. The summed E-state index contributed by atoms with van der Waals surface area (Å²) in [5.74, 6) is -0.638. The second-order valence-corrected chi connectivity index (χ2v) is 7.21. The molecule has 4 rings (SSSR count). The first-order chi connectivity index (χ1) is 13.8. The van der Waals surface area contributed by atoms with Crippen molar-refractivity contribution >= 4 is 5.65 Å². The van der Waals surface area contributed by atoms with Crippen LogP contribution < -0.4 is 5.56 Å². The van der Waals surface area contributed by atoms with E-state index in [0.29, 0.717) is 12.8 Å². The summed E-state index contributed by atoms with van der Waals surface area (Å²) in [7, 11) is 0. The fraction of sp³-hybridized carbons (Fsp3) is 0.350. The first-order valence-corrected chi connectivity index (χ1v) is 9.25. The Hall–Kier alpha value is -3.28. The number of nitriles is 1. The Morgan fingerprint density at radius 3 is 2.55 bits per heavy atom. The Balaban J connectivity index is 1.94. The second kappa shape index (κ2) is 6.95. The molecule has 0 saturated heterocycles. The second-order valence-electron chi connectivity index (χ2n) is 7.21. The van der Waals surface area contributed by atoms with Gasteiger partial charge in [0.1, 0.15) is 11.4 Å². The Labute approximate surface area is 163 Å². The highest BCUT2D eigenvalue weighted by molar-refractivity contribution is 5.71. The number of nitrogens with one attached hydrogen (secondary N) is 1. The van der Waals surface area contributed by atoms with Crippen LogP contribution in [0.5, 0.6) is 5.75 Å². The van der Waals surface area contributed by atoms with Gasteiger partial charge in [-0.1, -0.05) is 19.3 Å². The van der Waals surface area contributed by atoms with Gasteiger partial charge in [0, 0.05) is 17.3 Å². The monoisotopic (exact) mass is 402 g/mol. The lowest BCUT2D eigenvalue weighted by molar-refractivity contribution is -0.142. The quantitative estimate of drug-likeness (QED) is 0.667. The molecule has 1 saturated carbocycles.